The molecule has 0 spiro atoms. The molecule has 1 heterocycles. The van der Waals surface area contributed by atoms with Crippen molar-refractivity contribution in [1.29, 1.82) is 0 Å². The molecule has 2 aromatic carbocycles. The van der Waals surface area contributed by atoms with Crippen LogP contribution in [0.2, 0.25) is 5.02 Å². The van der Waals surface area contributed by atoms with Crippen molar-refractivity contribution in [1.82, 2.24) is 10.2 Å². The minimum Gasteiger partial charge on any atom is -0.497 e. The van der Waals surface area contributed by atoms with Crippen molar-refractivity contribution >= 4 is 34.3 Å². The van der Waals surface area contributed by atoms with Gasteiger partial charge in [0.1, 0.15) is 10.8 Å². The Morgan fingerprint density at radius 3 is 2.52 bits per heavy atom. The molecule has 0 aliphatic heterocycles. The minimum absolute atomic E-state index is 0.625. The Bertz CT molecular complexity index is 800. The summed E-state index contributed by atoms with van der Waals surface area (Å²) >= 11 is 7.30. The molecule has 3 aromatic rings. The normalized spacial score (nSPS) is 10.9. The topological polar surface area (TPSA) is 59.4 Å². The molecule has 23 heavy (non-hydrogen) atoms. The van der Waals surface area contributed by atoms with Gasteiger partial charge >= 0.3 is 0 Å². The zero-order valence-electron chi connectivity index (χ0n) is 12.2. The van der Waals surface area contributed by atoms with Gasteiger partial charge in [0.05, 0.1) is 13.3 Å². The molecule has 0 amide bonds. The Kier molecular flexibility index (Phi) is 4.85. The van der Waals surface area contributed by atoms with Gasteiger partial charge in [-0.3, -0.25) is 5.43 Å². The quantitative estimate of drug-likeness (QED) is 0.553. The van der Waals surface area contributed by atoms with E-state index >= 15 is 0 Å². The molecule has 0 bridgehead atoms. The fourth-order valence-corrected chi connectivity index (χ4v) is 2.65. The fourth-order valence-electron chi connectivity index (χ4n) is 1.83. The summed E-state index contributed by atoms with van der Waals surface area (Å²) in [5.41, 5.74) is 4.81. The molecule has 0 saturated carbocycles. The number of hydrogen-bond donors (Lipinski definition) is 1. The molecular formula is C16H13ClN4OS. The number of aromatic nitrogens is 2. The largest absolute Gasteiger partial charge is 0.497 e. The lowest BCUT2D eigenvalue weighted by molar-refractivity contribution is 0.415. The van der Waals surface area contributed by atoms with Crippen molar-refractivity contribution in [2.24, 2.45) is 5.10 Å². The van der Waals surface area contributed by atoms with Gasteiger partial charge < -0.3 is 4.74 Å². The van der Waals surface area contributed by atoms with Gasteiger partial charge in [-0.2, -0.15) is 5.10 Å². The maximum absolute atomic E-state index is 5.88. The van der Waals surface area contributed by atoms with E-state index < -0.39 is 0 Å². The van der Waals surface area contributed by atoms with E-state index in [1.165, 1.54) is 11.3 Å². The standard InChI is InChI=1S/C16H13ClN4OS/c1-22-14-8-2-11(3-9-14)10-18-20-16-21-19-15(23-16)12-4-6-13(17)7-5-12/h2-10H,1H3,(H,20,21)/b18-10+. The lowest BCUT2D eigenvalue weighted by Crippen LogP contribution is -1.90. The van der Waals surface area contributed by atoms with Crippen LogP contribution in [0.3, 0.4) is 0 Å². The Hall–Kier alpha value is -2.44. The van der Waals surface area contributed by atoms with Crippen molar-refractivity contribution in [3.05, 3.63) is 59.1 Å². The molecule has 116 valence electrons. The van der Waals surface area contributed by atoms with E-state index in [2.05, 4.69) is 20.7 Å². The number of halogens is 1. The van der Waals surface area contributed by atoms with E-state index in [-0.39, 0.29) is 0 Å². The van der Waals surface area contributed by atoms with Crippen LogP contribution in [0, 0.1) is 0 Å². The van der Waals surface area contributed by atoms with Crippen molar-refractivity contribution in [3.63, 3.8) is 0 Å². The van der Waals surface area contributed by atoms with E-state index in [9.17, 15) is 0 Å². The average molecular weight is 345 g/mol. The number of ether oxygens (including phenoxy) is 1. The lowest BCUT2D eigenvalue weighted by Gasteiger charge is -1.98. The summed E-state index contributed by atoms with van der Waals surface area (Å²) in [6.07, 6.45) is 1.71. The summed E-state index contributed by atoms with van der Waals surface area (Å²) in [5.74, 6) is 0.812. The number of methoxy groups -OCH3 is 1. The van der Waals surface area contributed by atoms with Crippen LogP contribution >= 0.6 is 22.9 Å². The third-order valence-corrected chi connectivity index (χ3v) is 4.13. The molecule has 0 saturated heterocycles. The first-order chi connectivity index (χ1) is 11.2. The fraction of sp³-hybridized carbons (Fsp3) is 0.0625. The van der Waals surface area contributed by atoms with Crippen LogP contribution in [-0.4, -0.2) is 23.5 Å². The van der Waals surface area contributed by atoms with Crippen LogP contribution in [-0.2, 0) is 0 Å². The molecule has 0 aliphatic carbocycles. The lowest BCUT2D eigenvalue weighted by atomic mass is 10.2. The van der Waals surface area contributed by atoms with Gasteiger partial charge in [-0.25, -0.2) is 0 Å². The van der Waals surface area contributed by atoms with Crippen LogP contribution in [0.15, 0.2) is 53.6 Å². The van der Waals surface area contributed by atoms with Gasteiger partial charge in [0.25, 0.3) is 0 Å². The molecule has 0 unspecified atom stereocenters. The highest BCUT2D eigenvalue weighted by Gasteiger charge is 2.05. The summed E-state index contributed by atoms with van der Waals surface area (Å²) in [6.45, 7) is 0. The Morgan fingerprint density at radius 2 is 1.83 bits per heavy atom. The number of nitrogens with zero attached hydrogens (tertiary/aromatic N) is 3. The third-order valence-electron chi connectivity index (χ3n) is 3.01. The summed E-state index contributed by atoms with van der Waals surface area (Å²) in [4.78, 5) is 0. The summed E-state index contributed by atoms with van der Waals surface area (Å²) in [7, 11) is 1.64. The predicted molar refractivity (Wildman–Crippen MR) is 94.6 cm³/mol. The van der Waals surface area contributed by atoms with E-state index in [1.54, 1.807) is 13.3 Å². The van der Waals surface area contributed by atoms with Gasteiger partial charge in [-0.15, -0.1) is 10.2 Å². The molecule has 0 atom stereocenters. The Morgan fingerprint density at radius 1 is 1.09 bits per heavy atom. The predicted octanol–water partition coefficient (Wildman–Crippen LogP) is 4.31. The van der Waals surface area contributed by atoms with Gasteiger partial charge in [0.2, 0.25) is 5.13 Å². The maximum Gasteiger partial charge on any atom is 0.226 e. The molecular weight excluding hydrogens is 332 g/mol. The van der Waals surface area contributed by atoms with Gasteiger partial charge in [-0.1, -0.05) is 35.1 Å². The third kappa shape index (κ3) is 4.06. The van der Waals surface area contributed by atoms with Crippen LogP contribution < -0.4 is 10.2 Å². The Balaban J connectivity index is 1.64. The zero-order valence-corrected chi connectivity index (χ0v) is 13.8. The molecule has 0 aliphatic rings. The molecule has 1 aromatic heterocycles. The molecule has 5 nitrogen and oxygen atoms in total. The molecule has 0 radical (unpaired) electrons. The van der Waals surface area contributed by atoms with Gasteiger partial charge in [0.15, 0.2) is 0 Å². The number of rotatable bonds is 5. The average Bonchev–Trinajstić information content (AvgIpc) is 3.05. The first-order valence-electron chi connectivity index (χ1n) is 6.77. The highest BCUT2D eigenvalue weighted by atomic mass is 35.5. The van der Waals surface area contributed by atoms with Crippen LogP contribution in [0.25, 0.3) is 10.6 Å². The first kappa shape index (κ1) is 15.5. The summed E-state index contributed by atoms with van der Waals surface area (Å²) < 4.78 is 5.11. The molecule has 1 N–H and O–H groups in total. The zero-order chi connectivity index (χ0) is 16.1. The van der Waals surface area contributed by atoms with Crippen LogP contribution in [0.5, 0.6) is 5.75 Å². The van der Waals surface area contributed by atoms with E-state index in [4.69, 9.17) is 16.3 Å². The van der Waals surface area contributed by atoms with Crippen LogP contribution in [0.4, 0.5) is 5.13 Å². The highest BCUT2D eigenvalue weighted by molar-refractivity contribution is 7.18. The number of nitrogens with one attached hydrogen (secondary N) is 1. The van der Waals surface area contributed by atoms with Crippen molar-refractivity contribution in [3.8, 4) is 16.3 Å². The second-order valence-electron chi connectivity index (χ2n) is 4.56. The van der Waals surface area contributed by atoms with Gasteiger partial charge in [-0.05, 0) is 42.0 Å². The Labute approximate surface area is 142 Å². The monoisotopic (exact) mass is 344 g/mol. The van der Waals surface area contributed by atoms with Crippen molar-refractivity contribution < 1.29 is 4.74 Å². The minimum atomic E-state index is 0.625. The highest BCUT2D eigenvalue weighted by Crippen LogP contribution is 2.27. The number of hydrogen-bond acceptors (Lipinski definition) is 6. The summed E-state index contributed by atoms with van der Waals surface area (Å²) in [5, 5.41) is 14.5. The molecule has 0 fully saturated rings. The molecule has 7 heteroatoms. The smallest absolute Gasteiger partial charge is 0.226 e. The van der Waals surface area contributed by atoms with E-state index in [0.717, 1.165) is 21.9 Å². The van der Waals surface area contributed by atoms with Crippen molar-refractivity contribution in [2.75, 3.05) is 12.5 Å². The number of anilines is 1. The SMILES string of the molecule is COc1ccc(/C=N/Nc2nnc(-c3ccc(Cl)cc3)s2)cc1. The molecule has 3 rings (SSSR count). The maximum atomic E-state index is 5.88. The van der Waals surface area contributed by atoms with Gasteiger partial charge in [0, 0.05) is 10.6 Å². The van der Waals surface area contributed by atoms with E-state index in [0.29, 0.717) is 10.2 Å². The second kappa shape index (κ2) is 7.21. The summed E-state index contributed by atoms with van der Waals surface area (Å²) in [6, 6.07) is 15.1. The van der Waals surface area contributed by atoms with Crippen LogP contribution in [0.1, 0.15) is 5.56 Å². The second-order valence-corrected chi connectivity index (χ2v) is 5.98. The number of hydrazone groups is 1. The first-order valence-corrected chi connectivity index (χ1v) is 7.96. The number of benzene rings is 2. The van der Waals surface area contributed by atoms with E-state index in [1.807, 2.05) is 48.5 Å². The van der Waals surface area contributed by atoms with Crippen molar-refractivity contribution in [2.45, 2.75) is 0 Å².